The maximum absolute atomic E-state index is 12.1. The van der Waals surface area contributed by atoms with E-state index in [2.05, 4.69) is 42.5 Å². The van der Waals surface area contributed by atoms with Crippen LogP contribution < -0.4 is 10.6 Å². The minimum atomic E-state index is -0.843. The molecule has 2 N–H and O–H groups in total. The summed E-state index contributed by atoms with van der Waals surface area (Å²) < 4.78 is 1.86. The van der Waals surface area contributed by atoms with Gasteiger partial charge >= 0.3 is 18.1 Å². The van der Waals surface area contributed by atoms with Crippen molar-refractivity contribution in [3.63, 3.8) is 0 Å². The topological polar surface area (TPSA) is 88.2 Å². The van der Waals surface area contributed by atoms with Gasteiger partial charge in [0.2, 0.25) is 0 Å². The van der Waals surface area contributed by atoms with E-state index in [1.165, 1.54) is 16.8 Å². The van der Waals surface area contributed by atoms with Crippen molar-refractivity contribution in [3.05, 3.63) is 68.6 Å². The molecule has 2 unspecified atom stereocenters. The number of thiocarbonyl (C=S) groups is 1. The molecule has 9 nitrogen and oxygen atoms in total. The Morgan fingerprint density at radius 3 is 1.58 bits per heavy atom. The van der Waals surface area contributed by atoms with Crippen molar-refractivity contribution >= 4 is 67.3 Å². The molecule has 0 aliphatic carbocycles. The highest BCUT2D eigenvalue weighted by Crippen LogP contribution is 2.31. The van der Waals surface area contributed by atoms with Crippen LogP contribution in [0.2, 0.25) is 0 Å². The van der Waals surface area contributed by atoms with Crippen molar-refractivity contribution in [2.24, 2.45) is 0 Å². The Balaban J connectivity index is 0.000000201. The Hall–Kier alpha value is -2.70. The molecule has 0 spiro atoms. The van der Waals surface area contributed by atoms with Gasteiger partial charge in [-0.05, 0) is 61.5 Å². The molecule has 6 amide bonds. The molecule has 0 radical (unpaired) electrons. The molecule has 2 fully saturated rings. The second kappa shape index (κ2) is 10.3. The number of rotatable bonds is 2. The van der Waals surface area contributed by atoms with Gasteiger partial charge in [-0.25, -0.2) is 19.3 Å². The van der Waals surface area contributed by atoms with Gasteiger partial charge < -0.3 is 20.4 Å². The number of halogens is 2. The second-order valence-electron chi connectivity index (χ2n) is 8.83. The fourth-order valence-corrected chi connectivity index (χ4v) is 4.95. The van der Waals surface area contributed by atoms with Crippen LogP contribution in [0.4, 0.5) is 14.4 Å². The molecule has 2 heterocycles. The molecule has 2 saturated heterocycles. The lowest BCUT2D eigenvalue weighted by Crippen LogP contribution is -2.67. The Labute approximate surface area is 233 Å². The maximum Gasteiger partial charge on any atom is 0.329 e. The highest BCUT2D eigenvalue weighted by atomic mass is 79.9. The first kappa shape index (κ1) is 27.9. The summed E-state index contributed by atoms with van der Waals surface area (Å²) in [5.74, 6) is 0. The van der Waals surface area contributed by atoms with E-state index in [1.54, 1.807) is 33.0 Å². The number of imide groups is 1. The number of hydrogen-bond acceptors (Lipinski definition) is 4. The van der Waals surface area contributed by atoms with Crippen LogP contribution >= 0.6 is 44.1 Å². The van der Waals surface area contributed by atoms with Crippen molar-refractivity contribution < 1.29 is 14.4 Å². The average Bonchev–Trinajstić information content (AvgIpc) is 2.84. The van der Waals surface area contributed by atoms with Crippen LogP contribution in [-0.4, -0.2) is 71.0 Å². The summed E-state index contributed by atoms with van der Waals surface area (Å²) in [6, 6.07) is 14.5. The van der Waals surface area contributed by atoms with E-state index in [-0.39, 0.29) is 12.1 Å². The summed E-state index contributed by atoms with van der Waals surface area (Å²) in [6.45, 7) is 3.74. The molecule has 2 aliphatic rings. The predicted octanol–water partition coefficient (Wildman–Crippen LogP) is 4.82. The van der Waals surface area contributed by atoms with Crippen LogP contribution in [0, 0.1) is 0 Å². The second-order valence-corrected chi connectivity index (χ2v) is 11.0. The number of nitrogens with zero attached hydrogens (tertiary/aromatic N) is 4. The van der Waals surface area contributed by atoms with E-state index < -0.39 is 17.4 Å². The highest BCUT2D eigenvalue weighted by Gasteiger charge is 2.44. The van der Waals surface area contributed by atoms with E-state index in [9.17, 15) is 14.4 Å². The van der Waals surface area contributed by atoms with Crippen molar-refractivity contribution in [1.29, 1.82) is 0 Å². The molecule has 36 heavy (non-hydrogen) atoms. The standard InChI is InChI=1S/C12H14BrN3O2.C12H14BrN3OS/c1-12(8-5-4-6-9(13)7-8)14-10(17)15(2)11(18)16(12)3;1-12(8-5-4-6-9(13)7-8)14-10(18)15(2)11(17)16(12)3/h4-7H,1-3H3,(H,14,17);4-7H,1-3H3,(H,14,18). The molecule has 0 aromatic heterocycles. The van der Waals surface area contributed by atoms with Gasteiger partial charge in [0.1, 0.15) is 11.3 Å². The van der Waals surface area contributed by atoms with Crippen molar-refractivity contribution in [2.45, 2.75) is 25.2 Å². The Morgan fingerprint density at radius 2 is 1.14 bits per heavy atom. The maximum atomic E-state index is 12.1. The molecule has 2 atom stereocenters. The van der Waals surface area contributed by atoms with Gasteiger partial charge in [0.05, 0.1) is 0 Å². The Bertz CT molecular complexity index is 1140. The van der Waals surface area contributed by atoms with Gasteiger partial charge in [-0.15, -0.1) is 0 Å². The van der Waals surface area contributed by atoms with Gasteiger partial charge in [-0.2, -0.15) is 0 Å². The quantitative estimate of drug-likeness (QED) is 0.460. The average molecular weight is 640 g/mol. The number of nitrogens with one attached hydrogen (secondary N) is 2. The summed E-state index contributed by atoms with van der Waals surface area (Å²) in [5.41, 5.74) is 0.340. The first-order chi connectivity index (χ1) is 16.7. The van der Waals surface area contributed by atoms with Crippen LogP contribution in [0.15, 0.2) is 57.5 Å². The molecular weight excluding hydrogens is 612 g/mol. The highest BCUT2D eigenvalue weighted by molar-refractivity contribution is 9.10. The molecular formula is C24H28Br2N6O3S. The number of carbonyl (C=O) groups excluding carboxylic acids is 3. The molecule has 192 valence electrons. The van der Waals surface area contributed by atoms with Crippen LogP contribution in [0.5, 0.6) is 0 Å². The van der Waals surface area contributed by atoms with Crippen LogP contribution in [0.3, 0.4) is 0 Å². The third-order valence-electron chi connectivity index (χ3n) is 6.57. The van der Waals surface area contributed by atoms with Crippen molar-refractivity contribution in [3.8, 4) is 0 Å². The van der Waals surface area contributed by atoms with Crippen LogP contribution in [-0.2, 0) is 11.3 Å². The lowest BCUT2D eigenvalue weighted by molar-refractivity contribution is 0.0749. The minimum absolute atomic E-state index is 0.124. The largest absolute Gasteiger partial charge is 0.336 e. The summed E-state index contributed by atoms with van der Waals surface area (Å²) in [7, 11) is 6.54. The Morgan fingerprint density at radius 1 is 0.722 bits per heavy atom. The van der Waals surface area contributed by atoms with E-state index in [4.69, 9.17) is 12.2 Å². The SMILES string of the molecule is CN1C(=O)N(C)C(C)(c2cccc(Br)c2)NC1=S.CN1C(=O)NC(C)(c2cccc(Br)c2)N(C)C1=O. The monoisotopic (exact) mass is 638 g/mol. The summed E-state index contributed by atoms with van der Waals surface area (Å²) in [4.78, 5) is 41.5. The van der Waals surface area contributed by atoms with Crippen molar-refractivity contribution in [1.82, 2.24) is 30.2 Å². The smallest absolute Gasteiger partial charge is 0.329 e. The number of benzene rings is 2. The third-order valence-corrected chi connectivity index (χ3v) is 7.94. The lowest BCUT2D eigenvalue weighted by atomic mass is 9.99. The fraction of sp³-hybridized carbons (Fsp3) is 0.333. The number of hydrogen-bond donors (Lipinski definition) is 2. The van der Waals surface area contributed by atoms with E-state index in [0.29, 0.717) is 5.11 Å². The van der Waals surface area contributed by atoms with E-state index >= 15 is 0 Å². The molecule has 2 aromatic rings. The van der Waals surface area contributed by atoms with Gasteiger partial charge in [0, 0.05) is 37.1 Å². The van der Waals surface area contributed by atoms with Crippen molar-refractivity contribution in [2.75, 3.05) is 28.2 Å². The molecule has 2 aliphatic heterocycles. The molecule has 12 heteroatoms. The van der Waals surface area contributed by atoms with Gasteiger partial charge in [-0.1, -0.05) is 56.1 Å². The normalized spacial score (nSPS) is 24.2. The number of carbonyl (C=O) groups is 3. The summed E-state index contributed by atoms with van der Waals surface area (Å²) >= 11 is 12.0. The number of amides is 6. The lowest BCUT2D eigenvalue weighted by Gasteiger charge is -2.47. The first-order valence-corrected chi connectivity index (χ1v) is 12.9. The zero-order valence-corrected chi connectivity index (χ0v) is 24.8. The molecule has 0 bridgehead atoms. The van der Waals surface area contributed by atoms with Gasteiger partial charge in [-0.3, -0.25) is 4.90 Å². The molecule has 2 aromatic carbocycles. The van der Waals surface area contributed by atoms with Crippen LogP contribution in [0.1, 0.15) is 25.0 Å². The summed E-state index contributed by atoms with van der Waals surface area (Å²) in [6.07, 6.45) is 0. The fourth-order valence-electron chi connectivity index (χ4n) is 3.87. The predicted molar refractivity (Wildman–Crippen MR) is 149 cm³/mol. The number of urea groups is 3. The van der Waals surface area contributed by atoms with Crippen LogP contribution in [0.25, 0.3) is 0 Å². The zero-order chi connectivity index (χ0) is 27.0. The minimum Gasteiger partial charge on any atom is -0.336 e. The van der Waals surface area contributed by atoms with Gasteiger partial charge in [0.15, 0.2) is 5.11 Å². The first-order valence-electron chi connectivity index (χ1n) is 10.9. The van der Waals surface area contributed by atoms with E-state index in [1.807, 2.05) is 55.5 Å². The Kier molecular flexibility index (Phi) is 8.01. The molecule has 4 rings (SSSR count). The van der Waals surface area contributed by atoms with Gasteiger partial charge in [0.25, 0.3) is 0 Å². The van der Waals surface area contributed by atoms with E-state index in [0.717, 1.165) is 25.0 Å². The summed E-state index contributed by atoms with van der Waals surface area (Å²) in [5, 5.41) is 6.48. The zero-order valence-electron chi connectivity index (χ0n) is 20.8. The molecule has 0 saturated carbocycles. The third kappa shape index (κ3) is 5.07.